The van der Waals surface area contributed by atoms with Gasteiger partial charge < -0.3 is 9.80 Å². The first-order valence-corrected chi connectivity index (χ1v) is 8.54. The molecule has 6 heteroatoms. The summed E-state index contributed by atoms with van der Waals surface area (Å²) in [4.78, 5) is 16.3. The molecular weight excluding hydrogens is 378 g/mol. The van der Waals surface area contributed by atoms with Crippen molar-refractivity contribution in [1.29, 1.82) is 0 Å². The molecule has 2 aromatic carbocycles. The number of hydrogen-bond donors (Lipinski definition) is 0. The standard InChI is InChI=1S/C18H17BrF2N2O/c19-14-1-6-17(21)13(11-14)12-18(24)23-9-7-22(8-10-23)16-4-2-15(20)3-5-16/h1-6,11H,7-10,12H2. The van der Waals surface area contributed by atoms with Crippen LogP contribution in [0.4, 0.5) is 14.5 Å². The van der Waals surface area contributed by atoms with Crippen LogP contribution >= 0.6 is 15.9 Å². The number of anilines is 1. The molecule has 1 aliphatic heterocycles. The Balaban J connectivity index is 1.59. The van der Waals surface area contributed by atoms with Gasteiger partial charge in [0.05, 0.1) is 6.42 Å². The van der Waals surface area contributed by atoms with Gasteiger partial charge in [0, 0.05) is 36.3 Å². The first kappa shape index (κ1) is 16.9. The fraction of sp³-hybridized carbons (Fsp3) is 0.278. The zero-order chi connectivity index (χ0) is 17.1. The largest absolute Gasteiger partial charge is 0.368 e. The van der Waals surface area contributed by atoms with Crippen LogP contribution in [0.15, 0.2) is 46.9 Å². The topological polar surface area (TPSA) is 23.6 Å². The average Bonchev–Trinajstić information content (AvgIpc) is 2.59. The predicted molar refractivity (Wildman–Crippen MR) is 93.0 cm³/mol. The third kappa shape index (κ3) is 3.93. The Morgan fingerprint density at radius 1 is 1.00 bits per heavy atom. The van der Waals surface area contributed by atoms with Crippen molar-refractivity contribution in [1.82, 2.24) is 4.90 Å². The summed E-state index contributed by atoms with van der Waals surface area (Å²) in [6, 6.07) is 11.0. The number of rotatable bonds is 3. The summed E-state index contributed by atoms with van der Waals surface area (Å²) in [7, 11) is 0. The molecule has 0 unspecified atom stereocenters. The molecule has 1 heterocycles. The van der Waals surface area contributed by atoms with Gasteiger partial charge in [0.1, 0.15) is 11.6 Å². The highest BCUT2D eigenvalue weighted by Crippen LogP contribution is 2.19. The van der Waals surface area contributed by atoms with Crippen LogP contribution in [0.2, 0.25) is 0 Å². The van der Waals surface area contributed by atoms with Crippen LogP contribution in [-0.4, -0.2) is 37.0 Å². The zero-order valence-corrected chi connectivity index (χ0v) is 14.6. The van der Waals surface area contributed by atoms with Crippen LogP contribution in [0.25, 0.3) is 0 Å². The minimum Gasteiger partial charge on any atom is -0.368 e. The minimum atomic E-state index is -0.364. The van der Waals surface area contributed by atoms with Crippen LogP contribution in [0.1, 0.15) is 5.56 Å². The Hall–Kier alpha value is -1.95. The molecule has 0 N–H and O–H groups in total. The summed E-state index contributed by atoms with van der Waals surface area (Å²) < 4.78 is 27.5. The zero-order valence-electron chi connectivity index (χ0n) is 13.0. The molecule has 0 radical (unpaired) electrons. The third-order valence-electron chi connectivity index (χ3n) is 4.17. The van der Waals surface area contributed by atoms with Crippen LogP contribution < -0.4 is 4.90 Å². The van der Waals surface area contributed by atoms with E-state index in [4.69, 9.17) is 0 Å². The van der Waals surface area contributed by atoms with E-state index < -0.39 is 0 Å². The molecule has 1 fully saturated rings. The van der Waals surface area contributed by atoms with Gasteiger partial charge in [0.25, 0.3) is 0 Å². The second-order valence-electron chi connectivity index (χ2n) is 5.76. The summed E-state index contributed by atoms with van der Waals surface area (Å²) in [5, 5.41) is 0. The number of hydrogen-bond acceptors (Lipinski definition) is 2. The van der Waals surface area contributed by atoms with Crippen molar-refractivity contribution in [3.63, 3.8) is 0 Å². The van der Waals surface area contributed by atoms with Gasteiger partial charge >= 0.3 is 0 Å². The van der Waals surface area contributed by atoms with Crippen molar-refractivity contribution in [2.75, 3.05) is 31.1 Å². The SMILES string of the molecule is O=C(Cc1cc(Br)ccc1F)N1CCN(c2ccc(F)cc2)CC1. The number of halogens is 3. The average molecular weight is 395 g/mol. The Bertz CT molecular complexity index is 728. The first-order chi connectivity index (χ1) is 11.5. The third-order valence-corrected chi connectivity index (χ3v) is 4.67. The molecule has 3 nitrogen and oxygen atoms in total. The van der Waals surface area contributed by atoms with Crippen LogP contribution in [0.5, 0.6) is 0 Å². The lowest BCUT2D eigenvalue weighted by Gasteiger charge is -2.36. The number of carbonyl (C=O) groups is 1. The molecule has 0 spiro atoms. The lowest BCUT2D eigenvalue weighted by molar-refractivity contribution is -0.130. The van der Waals surface area contributed by atoms with E-state index in [9.17, 15) is 13.6 Å². The molecule has 0 aromatic heterocycles. The molecule has 1 amide bonds. The van der Waals surface area contributed by atoms with E-state index in [2.05, 4.69) is 20.8 Å². The number of piperazine rings is 1. The van der Waals surface area contributed by atoms with Crippen molar-refractivity contribution in [3.8, 4) is 0 Å². The van der Waals surface area contributed by atoms with Crippen LogP contribution in [0, 0.1) is 11.6 Å². The van der Waals surface area contributed by atoms with E-state index in [1.807, 2.05) is 0 Å². The quantitative estimate of drug-likeness (QED) is 0.793. The highest BCUT2D eigenvalue weighted by molar-refractivity contribution is 9.10. The van der Waals surface area contributed by atoms with Crippen LogP contribution in [-0.2, 0) is 11.2 Å². The molecule has 0 aliphatic carbocycles. The van der Waals surface area contributed by atoms with Crippen molar-refractivity contribution in [3.05, 3.63) is 64.1 Å². The van der Waals surface area contributed by atoms with Crippen molar-refractivity contribution >= 4 is 27.5 Å². The molecule has 0 atom stereocenters. The Labute approximate surface area is 148 Å². The lowest BCUT2D eigenvalue weighted by Crippen LogP contribution is -2.49. The van der Waals surface area contributed by atoms with E-state index in [-0.39, 0.29) is 24.0 Å². The van der Waals surface area contributed by atoms with Gasteiger partial charge in [-0.05, 0) is 48.0 Å². The van der Waals surface area contributed by atoms with Gasteiger partial charge in [-0.25, -0.2) is 8.78 Å². The number of benzene rings is 2. The minimum absolute atomic E-state index is 0.0574. The summed E-state index contributed by atoms with van der Waals surface area (Å²) in [6.07, 6.45) is 0.0574. The Morgan fingerprint density at radius 2 is 1.67 bits per heavy atom. The maximum atomic E-state index is 13.8. The second-order valence-corrected chi connectivity index (χ2v) is 6.67. The molecule has 1 aliphatic rings. The van der Waals surface area contributed by atoms with Gasteiger partial charge in [-0.1, -0.05) is 15.9 Å². The van der Waals surface area contributed by atoms with Crippen molar-refractivity contribution in [2.24, 2.45) is 0 Å². The Kier molecular flexibility index (Phi) is 5.14. The number of amides is 1. The van der Waals surface area contributed by atoms with Gasteiger partial charge in [-0.15, -0.1) is 0 Å². The summed E-state index contributed by atoms with van der Waals surface area (Å²) in [5.74, 6) is -0.703. The van der Waals surface area contributed by atoms with E-state index in [0.717, 1.165) is 10.2 Å². The highest BCUT2D eigenvalue weighted by Gasteiger charge is 2.22. The summed E-state index contributed by atoms with van der Waals surface area (Å²) in [5.41, 5.74) is 1.34. The second kappa shape index (κ2) is 7.30. The van der Waals surface area contributed by atoms with Gasteiger partial charge in [0.2, 0.25) is 5.91 Å². The van der Waals surface area contributed by atoms with Crippen molar-refractivity contribution < 1.29 is 13.6 Å². The number of carbonyl (C=O) groups excluding carboxylic acids is 1. The van der Waals surface area contributed by atoms with E-state index in [1.54, 1.807) is 29.2 Å². The maximum absolute atomic E-state index is 13.8. The van der Waals surface area contributed by atoms with Crippen molar-refractivity contribution in [2.45, 2.75) is 6.42 Å². The Morgan fingerprint density at radius 3 is 2.33 bits per heavy atom. The van der Waals surface area contributed by atoms with E-state index in [0.29, 0.717) is 31.7 Å². The highest BCUT2D eigenvalue weighted by atomic mass is 79.9. The summed E-state index contributed by atoms with van der Waals surface area (Å²) >= 11 is 3.30. The van der Waals surface area contributed by atoms with Gasteiger partial charge in [-0.3, -0.25) is 4.79 Å². The van der Waals surface area contributed by atoms with Gasteiger partial charge in [-0.2, -0.15) is 0 Å². The smallest absolute Gasteiger partial charge is 0.227 e. The molecular formula is C18H17BrF2N2O. The first-order valence-electron chi connectivity index (χ1n) is 7.75. The molecule has 126 valence electrons. The normalized spacial score (nSPS) is 14.8. The fourth-order valence-electron chi connectivity index (χ4n) is 2.82. The lowest BCUT2D eigenvalue weighted by atomic mass is 10.1. The molecule has 3 rings (SSSR count). The molecule has 24 heavy (non-hydrogen) atoms. The van der Waals surface area contributed by atoms with E-state index in [1.165, 1.54) is 18.2 Å². The molecule has 2 aromatic rings. The predicted octanol–water partition coefficient (Wildman–Crippen LogP) is 3.62. The molecule has 0 saturated carbocycles. The fourth-order valence-corrected chi connectivity index (χ4v) is 3.23. The monoisotopic (exact) mass is 394 g/mol. The van der Waals surface area contributed by atoms with Gasteiger partial charge in [0.15, 0.2) is 0 Å². The summed E-state index contributed by atoms with van der Waals surface area (Å²) in [6.45, 7) is 2.51. The maximum Gasteiger partial charge on any atom is 0.227 e. The number of nitrogens with zero attached hydrogens (tertiary/aromatic N) is 2. The van der Waals surface area contributed by atoms with Crippen LogP contribution in [0.3, 0.4) is 0 Å². The van der Waals surface area contributed by atoms with E-state index >= 15 is 0 Å². The molecule has 0 bridgehead atoms. The molecule has 1 saturated heterocycles.